The lowest BCUT2D eigenvalue weighted by molar-refractivity contribution is -0.151. The molecule has 1 aliphatic rings. The van der Waals surface area contributed by atoms with Crippen LogP contribution in [0.4, 0.5) is 0 Å². The Balaban J connectivity index is 2.52. The van der Waals surface area contributed by atoms with Gasteiger partial charge in [-0.3, -0.25) is 4.79 Å². The molecule has 0 aliphatic heterocycles. The van der Waals surface area contributed by atoms with E-state index in [2.05, 4.69) is 0 Å². The number of carbonyl (C=O) groups is 1. The van der Waals surface area contributed by atoms with Gasteiger partial charge < -0.3 is 10.2 Å². The monoisotopic (exact) mass is 288 g/mol. The third-order valence-corrected chi connectivity index (χ3v) is 4.42. The van der Waals surface area contributed by atoms with Gasteiger partial charge in [0.05, 0.1) is 16.1 Å². The normalized spacial score (nSPS) is 28.1. The second kappa shape index (κ2) is 5.08. The smallest absolute Gasteiger partial charge is 0.316 e. The number of aliphatic carboxylic acids is 1. The van der Waals surface area contributed by atoms with Gasteiger partial charge in [-0.15, -0.1) is 0 Å². The van der Waals surface area contributed by atoms with Crippen molar-refractivity contribution >= 4 is 29.2 Å². The number of rotatable bonds is 2. The van der Waals surface area contributed by atoms with Crippen LogP contribution < -0.4 is 0 Å². The molecule has 2 atom stereocenters. The summed E-state index contributed by atoms with van der Waals surface area (Å²) >= 11 is 11.8. The Morgan fingerprint density at radius 1 is 1.28 bits per heavy atom. The first kappa shape index (κ1) is 13.7. The molecular weight excluding hydrogens is 275 g/mol. The molecule has 0 aromatic heterocycles. The molecule has 1 aromatic rings. The van der Waals surface area contributed by atoms with E-state index in [0.717, 1.165) is 12.8 Å². The van der Waals surface area contributed by atoms with Crippen molar-refractivity contribution in [2.45, 2.75) is 37.2 Å². The van der Waals surface area contributed by atoms with E-state index >= 15 is 0 Å². The summed E-state index contributed by atoms with van der Waals surface area (Å²) in [6, 6.07) is 4.76. The first-order valence-electron chi connectivity index (χ1n) is 5.85. The Hall–Kier alpha value is -0.770. The topological polar surface area (TPSA) is 57.5 Å². The first-order valence-corrected chi connectivity index (χ1v) is 6.61. The van der Waals surface area contributed by atoms with Crippen molar-refractivity contribution in [3.63, 3.8) is 0 Å². The van der Waals surface area contributed by atoms with E-state index in [1.54, 1.807) is 18.2 Å². The Morgan fingerprint density at radius 2 is 2.00 bits per heavy atom. The average molecular weight is 289 g/mol. The van der Waals surface area contributed by atoms with Crippen LogP contribution in [0.3, 0.4) is 0 Å². The van der Waals surface area contributed by atoms with Gasteiger partial charge in [-0.05, 0) is 30.5 Å². The van der Waals surface area contributed by atoms with E-state index in [4.69, 9.17) is 23.2 Å². The van der Waals surface area contributed by atoms with Crippen LogP contribution in [-0.2, 0) is 10.2 Å². The van der Waals surface area contributed by atoms with Crippen LogP contribution in [0.15, 0.2) is 18.2 Å². The average Bonchev–Trinajstić information content (AvgIpc) is 2.33. The van der Waals surface area contributed by atoms with Gasteiger partial charge in [-0.1, -0.05) is 42.1 Å². The molecule has 0 heterocycles. The molecule has 5 heteroatoms. The molecule has 2 N–H and O–H groups in total. The molecule has 2 rings (SSSR count). The molecule has 0 saturated heterocycles. The standard InChI is InChI=1S/C13H14Cl2O3/c14-9-5-4-8(7-10(9)15)13(12(17)18)6-2-1-3-11(13)16/h4-5,7,11,16H,1-3,6H2,(H,17,18). The minimum Gasteiger partial charge on any atom is -0.481 e. The molecule has 0 radical (unpaired) electrons. The molecule has 0 spiro atoms. The van der Waals surface area contributed by atoms with Crippen molar-refractivity contribution < 1.29 is 15.0 Å². The third-order valence-electron chi connectivity index (χ3n) is 3.68. The predicted molar refractivity (Wildman–Crippen MR) is 70.3 cm³/mol. The van der Waals surface area contributed by atoms with Gasteiger partial charge in [0.15, 0.2) is 0 Å². The maximum absolute atomic E-state index is 11.6. The van der Waals surface area contributed by atoms with Crippen LogP contribution >= 0.6 is 23.2 Å². The second-order valence-electron chi connectivity index (χ2n) is 4.67. The highest BCUT2D eigenvalue weighted by atomic mass is 35.5. The number of hydrogen-bond donors (Lipinski definition) is 2. The minimum absolute atomic E-state index is 0.313. The highest BCUT2D eigenvalue weighted by molar-refractivity contribution is 6.42. The second-order valence-corrected chi connectivity index (χ2v) is 5.48. The van der Waals surface area contributed by atoms with Crippen LogP contribution in [0.25, 0.3) is 0 Å². The van der Waals surface area contributed by atoms with E-state index in [0.29, 0.717) is 28.5 Å². The SMILES string of the molecule is O=C(O)C1(c2ccc(Cl)c(Cl)c2)CCCCC1O. The summed E-state index contributed by atoms with van der Waals surface area (Å²) in [7, 11) is 0. The van der Waals surface area contributed by atoms with E-state index < -0.39 is 17.5 Å². The molecule has 98 valence electrons. The zero-order valence-corrected chi connectivity index (χ0v) is 11.2. The molecule has 0 bridgehead atoms. The number of aliphatic hydroxyl groups excluding tert-OH is 1. The van der Waals surface area contributed by atoms with Crippen LogP contribution in [0.2, 0.25) is 10.0 Å². The fraction of sp³-hybridized carbons (Fsp3) is 0.462. The summed E-state index contributed by atoms with van der Waals surface area (Å²) in [6.45, 7) is 0. The van der Waals surface area contributed by atoms with Crippen molar-refractivity contribution in [1.29, 1.82) is 0 Å². The van der Waals surface area contributed by atoms with Crippen molar-refractivity contribution in [3.8, 4) is 0 Å². The van der Waals surface area contributed by atoms with Crippen molar-refractivity contribution in [2.24, 2.45) is 0 Å². The van der Waals surface area contributed by atoms with Gasteiger partial charge in [0.1, 0.15) is 5.41 Å². The maximum atomic E-state index is 11.6. The van der Waals surface area contributed by atoms with Gasteiger partial charge in [0.2, 0.25) is 0 Å². The van der Waals surface area contributed by atoms with Crippen molar-refractivity contribution in [1.82, 2.24) is 0 Å². The maximum Gasteiger partial charge on any atom is 0.316 e. The lowest BCUT2D eigenvalue weighted by Crippen LogP contribution is -2.48. The molecule has 1 saturated carbocycles. The summed E-state index contributed by atoms with van der Waals surface area (Å²) < 4.78 is 0. The quantitative estimate of drug-likeness (QED) is 0.878. The van der Waals surface area contributed by atoms with Crippen molar-refractivity contribution in [3.05, 3.63) is 33.8 Å². The van der Waals surface area contributed by atoms with Crippen molar-refractivity contribution in [2.75, 3.05) is 0 Å². The van der Waals surface area contributed by atoms with Crippen LogP contribution in [0.1, 0.15) is 31.2 Å². The van der Waals surface area contributed by atoms with E-state index in [1.807, 2.05) is 0 Å². The van der Waals surface area contributed by atoms with Gasteiger partial charge >= 0.3 is 5.97 Å². The lowest BCUT2D eigenvalue weighted by Gasteiger charge is -2.38. The van der Waals surface area contributed by atoms with Crippen LogP contribution in [0.5, 0.6) is 0 Å². The van der Waals surface area contributed by atoms with E-state index in [-0.39, 0.29) is 0 Å². The zero-order valence-electron chi connectivity index (χ0n) is 9.70. The molecule has 18 heavy (non-hydrogen) atoms. The molecule has 1 aliphatic carbocycles. The van der Waals surface area contributed by atoms with E-state index in [9.17, 15) is 15.0 Å². The van der Waals surface area contributed by atoms with Gasteiger partial charge in [0.25, 0.3) is 0 Å². The van der Waals surface area contributed by atoms with E-state index in [1.165, 1.54) is 0 Å². The number of halogens is 2. The summed E-state index contributed by atoms with van der Waals surface area (Å²) in [5, 5.41) is 20.4. The highest BCUT2D eigenvalue weighted by Gasteiger charge is 2.48. The fourth-order valence-electron chi connectivity index (χ4n) is 2.64. The number of benzene rings is 1. The number of hydrogen-bond acceptors (Lipinski definition) is 2. The third kappa shape index (κ3) is 2.11. The Bertz CT molecular complexity index is 475. The van der Waals surface area contributed by atoms with Crippen LogP contribution in [0, 0.1) is 0 Å². The lowest BCUT2D eigenvalue weighted by atomic mass is 9.67. The molecule has 1 aromatic carbocycles. The zero-order chi connectivity index (χ0) is 13.3. The van der Waals surface area contributed by atoms with Gasteiger partial charge in [-0.2, -0.15) is 0 Å². The number of carboxylic acid groups (broad SMARTS) is 1. The number of carboxylic acids is 1. The summed E-state index contributed by atoms with van der Waals surface area (Å²) in [5.74, 6) is -1.01. The molecular formula is C13H14Cl2O3. The molecule has 2 unspecified atom stereocenters. The van der Waals surface area contributed by atoms with Crippen LogP contribution in [-0.4, -0.2) is 22.3 Å². The first-order chi connectivity index (χ1) is 8.48. The summed E-state index contributed by atoms with van der Waals surface area (Å²) in [5.41, 5.74) is -0.733. The van der Waals surface area contributed by atoms with Gasteiger partial charge in [0, 0.05) is 0 Å². The Morgan fingerprint density at radius 3 is 2.56 bits per heavy atom. The summed E-state index contributed by atoms with van der Waals surface area (Å²) in [4.78, 5) is 11.6. The summed E-state index contributed by atoms with van der Waals surface area (Å²) in [6.07, 6.45) is 1.65. The van der Waals surface area contributed by atoms with Gasteiger partial charge in [-0.25, -0.2) is 0 Å². The largest absolute Gasteiger partial charge is 0.481 e. The minimum atomic E-state index is -1.26. The molecule has 0 amide bonds. The highest BCUT2D eigenvalue weighted by Crippen LogP contribution is 2.41. The number of aliphatic hydroxyl groups is 1. The Labute approximate surface area is 115 Å². The fourth-order valence-corrected chi connectivity index (χ4v) is 2.94. The predicted octanol–water partition coefficient (Wildman–Crippen LogP) is 3.25. The molecule has 3 nitrogen and oxygen atoms in total. The molecule has 1 fully saturated rings. The Kier molecular flexibility index (Phi) is 3.85.